The van der Waals surface area contributed by atoms with Gasteiger partial charge in [0.15, 0.2) is 5.65 Å². The van der Waals surface area contributed by atoms with Crippen molar-refractivity contribution in [1.29, 1.82) is 0 Å². The summed E-state index contributed by atoms with van der Waals surface area (Å²) in [5.74, 6) is 0.725. The van der Waals surface area contributed by atoms with Gasteiger partial charge in [0.25, 0.3) is 10.0 Å². The number of hydrogen-bond acceptors (Lipinski definition) is 4. The molecule has 2 heterocycles. The fourth-order valence-electron chi connectivity index (χ4n) is 3.45. The molecule has 2 aromatic carbocycles. The lowest BCUT2D eigenvalue weighted by Gasteiger charge is -2.25. The number of fused-ring (bicyclic) bond motifs is 1. The molecule has 0 radical (unpaired) electrons. The molecule has 0 fully saturated rings. The molecule has 0 aliphatic rings. The summed E-state index contributed by atoms with van der Waals surface area (Å²) >= 11 is 0. The van der Waals surface area contributed by atoms with Crippen LogP contribution >= 0.6 is 0 Å². The Labute approximate surface area is 176 Å². The molecule has 30 heavy (non-hydrogen) atoms. The summed E-state index contributed by atoms with van der Waals surface area (Å²) in [6, 6.07) is 18.6. The first-order valence-corrected chi connectivity index (χ1v) is 11.3. The van der Waals surface area contributed by atoms with Crippen LogP contribution in [0.25, 0.3) is 5.65 Å². The molecule has 0 N–H and O–H groups in total. The van der Waals surface area contributed by atoms with Crippen LogP contribution in [0, 0.1) is 13.8 Å². The quantitative estimate of drug-likeness (QED) is 0.466. The number of sulfonamides is 1. The number of hydrogen-bond donors (Lipinski definition) is 0. The van der Waals surface area contributed by atoms with Crippen LogP contribution in [0.2, 0.25) is 0 Å². The van der Waals surface area contributed by atoms with Crippen molar-refractivity contribution < 1.29 is 8.42 Å². The Bertz CT molecular complexity index is 1300. The van der Waals surface area contributed by atoms with E-state index in [-0.39, 0.29) is 11.4 Å². The minimum absolute atomic E-state index is 0.145. The molecule has 0 aliphatic heterocycles. The Balaban J connectivity index is 1.89. The van der Waals surface area contributed by atoms with Crippen LogP contribution in [0.15, 0.2) is 71.8 Å². The third-order valence-electron chi connectivity index (χ3n) is 5.30. The highest BCUT2D eigenvalue weighted by molar-refractivity contribution is 7.93. The fourth-order valence-corrected chi connectivity index (χ4v) is 5.01. The molecule has 0 saturated heterocycles. The zero-order chi connectivity index (χ0) is 21.3. The monoisotopic (exact) mass is 420 g/mol. The largest absolute Gasteiger partial charge is 0.285 e. The number of benzene rings is 2. The van der Waals surface area contributed by atoms with E-state index >= 15 is 0 Å². The predicted octanol–water partition coefficient (Wildman–Crippen LogP) is 4.30. The van der Waals surface area contributed by atoms with Gasteiger partial charge in [-0.3, -0.25) is 8.71 Å². The topological polar surface area (TPSA) is 67.6 Å². The third-order valence-corrected chi connectivity index (χ3v) is 7.10. The summed E-state index contributed by atoms with van der Waals surface area (Å²) in [6.45, 7) is 6.19. The van der Waals surface area contributed by atoms with Gasteiger partial charge in [-0.2, -0.15) is 0 Å². The van der Waals surface area contributed by atoms with Crippen LogP contribution in [0.5, 0.6) is 0 Å². The number of aryl methyl sites for hydroxylation is 3. The Morgan fingerprint density at radius 3 is 2.40 bits per heavy atom. The van der Waals surface area contributed by atoms with E-state index in [1.807, 2.05) is 69.3 Å². The average Bonchev–Trinajstić information content (AvgIpc) is 3.18. The molecule has 4 rings (SSSR count). The number of rotatable bonds is 6. The van der Waals surface area contributed by atoms with Crippen LogP contribution in [-0.2, 0) is 23.0 Å². The van der Waals surface area contributed by atoms with E-state index in [1.54, 1.807) is 22.7 Å². The van der Waals surface area contributed by atoms with E-state index < -0.39 is 10.0 Å². The first-order chi connectivity index (χ1) is 14.4. The molecule has 0 saturated carbocycles. The van der Waals surface area contributed by atoms with E-state index in [0.29, 0.717) is 17.8 Å². The molecule has 0 bridgehead atoms. The maximum atomic E-state index is 13.9. The van der Waals surface area contributed by atoms with E-state index in [4.69, 9.17) is 0 Å². The van der Waals surface area contributed by atoms with E-state index in [9.17, 15) is 8.42 Å². The number of anilines is 1. The number of pyridine rings is 1. The zero-order valence-corrected chi connectivity index (χ0v) is 18.1. The van der Waals surface area contributed by atoms with Gasteiger partial charge < -0.3 is 0 Å². The number of nitrogens with zero attached hydrogens (tertiary/aromatic N) is 4. The molecule has 2 aromatic heterocycles. The van der Waals surface area contributed by atoms with Crippen molar-refractivity contribution in [3.05, 3.63) is 89.4 Å². The highest BCUT2D eigenvalue weighted by Crippen LogP contribution is 2.29. The first-order valence-electron chi connectivity index (χ1n) is 9.88. The van der Waals surface area contributed by atoms with Crippen LogP contribution in [0.1, 0.15) is 29.4 Å². The SMILES string of the molecule is CCc1nnc2c(S(=O)(=O)N(Cc3ccccc3)c3ccc(C)c(C)c3)cccn12. The van der Waals surface area contributed by atoms with Crippen LogP contribution in [0.3, 0.4) is 0 Å². The summed E-state index contributed by atoms with van der Waals surface area (Å²) in [4.78, 5) is 0.145. The minimum atomic E-state index is -3.89. The standard InChI is InChI=1S/C23H24N4O2S/c1-4-22-24-25-23-21(11-8-14-26(22)23)30(28,29)27(16-19-9-6-5-7-10-19)20-13-12-17(2)18(3)15-20/h5-15H,4,16H2,1-3H3. The van der Waals surface area contributed by atoms with Gasteiger partial charge in [-0.05, 0) is 54.8 Å². The van der Waals surface area contributed by atoms with Gasteiger partial charge >= 0.3 is 0 Å². The van der Waals surface area contributed by atoms with Gasteiger partial charge in [0.2, 0.25) is 0 Å². The van der Waals surface area contributed by atoms with Gasteiger partial charge in [0, 0.05) is 12.6 Å². The van der Waals surface area contributed by atoms with Crippen molar-refractivity contribution in [3.8, 4) is 0 Å². The van der Waals surface area contributed by atoms with Crippen LogP contribution in [0.4, 0.5) is 5.69 Å². The Hall–Kier alpha value is -3.19. The lowest BCUT2D eigenvalue weighted by molar-refractivity contribution is 0.590. The molecule has 0 unspecified atom stereocenters. The second-order valence-electron chi connectivity index (χ2n) is 7.30. The molecule has 6 nitrogen and oxygen atoms in total. The van der Waals surface area contributed by atoms with Crippen molar-refractivity contribution in [2.45, 2.75) is 38.6 Å². The van der Waals surface area contributed by atoms with E-state index in [2.05, 4.69) is 10.2 Å². The van der Waals surface area contributed by atoms with Gasteiger partial charge in [-0.1, -0.05) is 43.3 Å². The summed E-state index contributed by atoms with van der Waals surface area (Å²) in [5.41, 5.74) is 4.02. The van der Waals surface area contributed by atoms with Crippen molar-refractivity contribution >= 4 is 21.4 Å². The lowest BCUT2D eigenvalue weighted by Crippen LogP contribution is -2.31. The lowest BCUT2D eigenvalue weighted by atomic mass is 10.1. The Morgan fingerprint density at radius 2 is 1.70 bits per heavy atom. The highest BCUT2D eigenvalue weighted by atomic mass is 32.2. The smallest absolute Gasteiger partial charge is 0.268 e. The molecule has 7 heteroatoms. The molecular formula is C23H24N4O2S. The van der Waals surface area contributed by atoms with Crippen molar-refractivity contribution in [1.82, 2.24) is 14.6 Å². The molecule has 0 amide bonds. The van der Waals surface area contributed by atoms with Gasteiger partial charge in [0.05, 0.1) is 12.2 Å². The second kappa shape index (κ2) is 7.91. The van der Waals surface area contributed by atoms with Gasteiger partial charge in [-0.15, -0.1) is 10.2 Å². The Kier molecular flexibility index (Phi) is 5.30. The zero-order valence-electron chi connectivity index (χ0n) is 17.3. The number of aromatic nitrogens is 3. The maximum Gasteiger partial charge on any atom is 0.268 e. The molecule has 4 aromatic rings. The maximum absolute atomic E-state index is 13.9. The van der Waals surface area contributed by atoms with Crippen molar-refractivity contribution in [3.63, 3.8) is 0 Å². The summed E-state index contributed by atoms with van der Waals surface area (Å²) in [7, 11) is -3.89. The van der Waals surface area contributed by atoms with Crippen LogP contribution < -0.4 is 4.31 Å². The second-order valence-corrected chi connectivity index (χ2v) is 9.13. The minimum Gasteiger partial charge on any atom is -0.285 e. The van der Waals surface area contributed by atoms with Gasteiger partial charge in [0.1, 0.15) is 10.7 Å². The molecule has 0 spiro atoms. The summed E-state index contributed by atoms with van der Waals surface area (Å²) in [6.07, 6.45) is 2.46. The fraction of sp³-hybridized carbons (Fsp3) is 0.217. The molecule has 0 aliphatic carbocycles. The summed E-state index contributed by atoms with van der Waals surface area (Å²) in [5, 5.41) is 8.34. The van der Waals surface area contributed by atoms with E-state index in [0.717, 1.165) is 22.5 Å². The van der Waals surface area contributed by atoms with Crippen LogP contribution in [-0.4, -0.2) is 23.0 Å². The first kappa shape index (κ1) is 20.1. The molecular weight excluding hydrogens is 396 g/mol. The molecule has 0 atom stereocenters. The normalized spacial score (nSPS) is 11.7. The van der Waals surface area contributed by atoms with Crippen molar-refractivity contribution in [2.75, 3.05) is 4.31 Å². The van der Waals surface area contributed by atoms with Crippen molar-refractivity contribution in [2.24, 2.45) is 0 Å². The average molecular weight is 421 g/mol. The third kappa shape index (κ3) is 3.57. The Morgan fingerprint density at radius 1 is 0.933 bits per heavy atom. The summed E-state index contributed by atoms with van der Waals surface area (Å²) < 4.78 is 31.0. The van der Waals surface area contributed by atoms with Gasteiger partial charge in [-0.25, -0.2) is 8.42 Å². The molecule has 154 valence electrons. The highest BCUT2D eigenvalue weighted by Gasteiger charge is 2.29. The predicted molar refractivity (Wildman–Crippen MR) is 118 cm³/mol. The van der Waals surface area contributed by atoms with E-state index in [1.165, 1.54) is 4.31 Å².